The van der Waals surface area contributed by atoms with Crippen LogP contribution in [-0.4, -0.2) is 77.1 Å². The summed E-state index contributed by atoms with van der Waals surface area (Å²) in [7, 11) is 1.29. The lowest BCUT2D eigenvalue weighted by atomic mass is 9.94. The van der Waals surface area contributed by atoms with Crippen LogP contribution >= 0.6 is 0 Å². The fourth-order valence-electron chi connectivity index (χ4n) is 6.20. The van der Waals surface area contributed by atoms with Gasteiger partial charge in [-0.25, -0.2) is 4.79 Å². The topological polar surface area (TPSA) is 182 Å². The van der Waals surface area contributed by atoms with Crippen molar-refractivity contribution in [3.8, 4) is 23.8 Å². The highest BCUT2D eigenvalue weighted by Gasteiger charge is 2.45. The normalized spacial score (nSPS) is 20.4. The number of likely N-dealkylation sites (N-methyl/N-ethyl adjacent to an activating group) is 1. The molecule has 0 fully saturated rings. The minimum Gasteiger partial charge on any atom is -0.485 e. The SMILES string of the molecule is C#C[C@@]1(C)Oc2cc(ccc2OCc2ccccc2)[C@@H](O)[C@H](N(C)C(=O)OCc2ccccc2)C(=O)N[C@@H](C(C)C)C(=O)N[C@@H]1C(=O)NCC(=O)OCc1ccccc1. The zero-order valence-corrected chi connectivity index (χ0v) is 33.3. The smallest absolute Gasteiger partial charge is 0.410 e. The van der Waals surface area contributed by atoms with Crippen molar-refractivity contribution in [3.63, 3.8) is 0 Å². The van der Waals surface area contributed by atoms with Gasteiger partial charge in [-0.05, 0) is 47.2 Å². The van der Waals surface area contributed by atoms with Gasteiger partial charge >= 0.3 is 12.1 Å². The number of fused-ring (bicyclic) bond motifs is 2. The van der Waals surface area contributed by atoms with E-state index in [4.69, 9.17) is 25.4 Å². The Balaban J connectivity index is 1.51. The second-order valence-electron chi connectivity index (χ2n) is 14.4. The van der Waals surface area contributed by atoms with E-state index in [1.54, 1.807) is 62.4 Å². The molecule has 2 bridgehead atoms. The van der Waals surface area contributed by atoms with Crippen molar-refractivity contribution in [1.82, 2.24) is 20.9 Å². The summed E-state index contributed by atoms with van der Waals surface area (Å²) in [4.78, 5) is 69.6. The number of aliphatic hydroxyl groups is 1. The van der Waals surface area contributed by atoms with Crippen LogP contribution in [-0.2, 0) is 48.5 Å². The molecular formula is C45H48N4O10. The largest absolute Gasteiger partial charge is 0.485 e. The highest BCUT2D eigenvalue weighted by Crippen LogP contribution is 2.36. The van der Waals surface area contributed by atoms with Crippen LogP contribution in [0.15, 0.2) is 109 Å². The van der Waals surface area contributed by atoms with Gasteiger partial charge < -0.3 is 40.0 Å². The summed E-state index contributed by atoms with van der Waals surface area (Å²) in [6.45, 7) is 4.04. The van der Waals surface area contributed by atoms with Crippen molar-refractivity contribution in [2.24, 2.45) is 5.92 Å². The average Bonchev–Trinajstić information content (AvgIpc) is 3.25. The molecule has 0 aliphatic carbocycles. The first-order chi connectivity index (χ1) is 28.3. The minimum absolute atomic E-state index is 0.0362. The van der Waals surface area contributed by atoms with E-state index >= 15 is 0 Å². The van der Waals surface area contributed by atoms with Gasteiger partial charge in [0, 0.05) is 7.05 Å². The number of nitrogens with one attached hydrogen (secondary N) is 3. The molecule has 0 spiro atoms. The molecule has 0 saturated carbocycles. The first-order valence-electron chi connectivity index (χ1n) is 19.0. The lowest BCUT2D eigenvalue weighted by Gasteiger charge is -2.35. The number of hydrogen-bond acceptors (Lipinski definition) is 10. The number of carbonyl (C=O) groups excluding carboxylic acids is 5. The molecule has 4 amide bonds. The van der Waals surface area contributed by atoms with Gasteiger partial charge in [0.15, 0.2) is 23.1 Å². The van der Waals surface area contributed by atoms with Gasteiger partial charge in [-0.2, -0.15) is 0 Å². The molecule has 4 N–H and O–H groups in total. The molecule has 14 nitrogen and oxygen atoms in total. The maximum Gasteiger partial charge on any atom is 0.410 e. The summed E-state index contributed by atoms with van der Waals surface area (Å²) in [6.07, 6.45) is 3.46. The van der Waals surface area contributed by atoms with E-state index in [1.165, 1.54) is 32.2 Å². The Hall–Kier alpha value is -6.85. The van der Waals surface area contributed by atoms with Crippen LogP contribution in [0.5, 0.6) is 11.5 Å². The van der Waals surface area contributed by atoms with E-state index in [0.717, 1.165) is 16.0 Å². The summed E-state index contributed by atoms with van der Waals surface area (Å²) >= 11 is 0. The standard InChI is InChI=1S/C45H48N4O10/c1-6-45(4)40(43(54)46-25-36(50)57-27-31-18-12-8-13-19-31)48-41(52)37(29(2)3)47-42(53)38(49(5)44(55)58-28-32-20-14-9-15-21-32)39(51)33-22-23-34(35(24-33)59-45)56-26-30-16-10-7-11-17-30/h1,7-24,29,37-40,51H,25-28H2,2-5H3,(H,46,54)(H,47,53)(H,48,52)/t37-,38-,39+,40+,45+/m0/s1. The van der Waals surface area contributed by atoms with E-state index in [0.29, 0.717) is 5.56 Å². The maximum absolute atomic E-state index is 14.2. The molecule has 5 atom stereocenters. The average molecular weight is 805 g/mol. The molecule has 4 aromatic rings. The minimum atomic E-state index is -1.99. The molecule has 1 aliphatic rings. The quantitative estimate of drug-likeness (QED) is 0.120. The summed E-state index contributed by atoms with van der Waals surface area (Å²) in [6, 6.07) is 26.8. The molecule has 1 heterocycles. The first-order valence-corrected chi connectivity index (χ1v) is 19.0. The highest BCUT2D eigenvalue weighted by molar-refractivity contribution is 5.95. The zero-order chi connectivity index (χ0) is 42.5. The van der Waals surface area contributed by atoms with Gasteiger partial charge in [-0.1, -0.05) is 117 Å². The Morgan fingerprint density at radius 1 is 0.847 bits per heavy atom. The van der Waals surface area contributed by atoms with Crippen molar-refractivity contribution >= 4 is 29.8 Å². The van der Waals surface area contributed by atoms with Crippen molar-refractivity contribution in [2.45, 2.75) is 70.4 Å². The van der Waals surface area contributed by atoms with E-state index in [9.17, 15) is 29.1 Å². The number of rotatable bonds is 12. The molecule has 5 rings (SSSR count). The molecule has 59 heavy (non-hydrogen) atoms. The lowest BCUT2D eigenvalue weighted by molar-refractivity contribution is -0.146. The number of nitrogens with zero attached hydrogens (tertiary/aromatic N) is 1. The first kappa shape index (κ1) is 43.3. The van der Waals surface area contributed by atoms with Crippen LogP contribution in [0.3, 0.4) is 0 Å². The van der Waals surface area contributed by atoms with E-state index in [-0.39, 0.29) is 36.9 Å². The Morgan fingerprint density at radius 3 is 1.97 bits per heavy atom. The van der Waals surface area contributed by atoms with Gasteiger partial charge in [0.2, 0.25) is 17.7 Å². The van der Waals surface area contributed by atoms with Gasteiger partial charge in [-0.3, -0.25) is 24.1 Å². The van der Waals surface area contributed by atoms with Crippen LogP contribution in [0.25, 0.3) is 0 Å². The number of aliphatic hydroxyl groups excluding tert-OH is 1. The number of hydrogen-bond donors (Lipinski definition) is 4. The summed E-state index contributed by atoms with van der Waals surface area (Å²) in [5, 5.41) is 19.7. The van der Waals surface area contributed by atoms with Gasteiger partial charge in [0.1, 0.15) is 44.6 Å². The molecule has 4 aromatic carbocycles. The molecule has 0 aromatic heterocycles. The predicted molar refractivity (Wildman–Crippen MR) is 216 cm³/mol. The van der Waals surface area contributed by atoms with Crippen molar-refractivity contribution in [2.75, 3.05) is 13.6 Å². The Morgan fingerprint density at radius 2 is 1.41 bits per heavy atom. The number of terminal acetylenes is 1. The maximum atomic E-state index is 14.2. The summed E-state index contributed by atoms with van der Waals surface area (Å²) in [5.74, 6) is -1.45. The van der Waals surface area contributed by atoms with Crippen molar-refractivity contribution < 1.29 is 48.0 Å². The van der Waals surface area contributed by atoms with Crippen LogP contribution in [0.4, 0.5) is 4.79 Å². The van der Waals surface area contributed by atoms with Crippen molar-refractivity contribution in [3.05, 3.63) is 131 Å². The third-order valence-electron chi connectivity index (χ3n) is 9.63. The number of benzene rings is 4. The van der Waals surface area contributed by atoms with E-state index < -0.39 is 72.1 Å². The number of ether oxygens (including phenoxy) is 4. The molecule has 0 unspecified atom stereocenters. The number of amides is 4. The Kier molecular flexibility index (Phi) is 14.7. The third kappa shape index (κ3) is 11.4. The molecule has 0 saturated heterocycles. The van der Waals surface area contributed by atoms with Crippen LogP contribution in [0.1, 0.15) is 49.1 Å². The monoisotopic (exact) mass is 804 g/mol. The van der Waals surface area contributed by atoms with E-state index in [1.807, 2.05) is 42.5 Å². The Labute approximate surface area is 343 Å². The molecule has 1 aliphatic heterocycles. The highest BCUT2D eigenvalue weighted by atomic mass is 16.6. The second-order valence-corrected chi connectivity index (χ2v) is 14.4. The second kappa shape index (κ2) is 20.0. The third-order valence-corrected chi connectivity index (χ3v) is 9.63. The van der Waals surface area contributed by atoms with Crippen LogP contribution in [0, 0.1) is 18.3 Å². The Bertz CT molecular complexity index is 2130. The van der Waals surface area contributed by atoms with Gasteiger partial charge in [-0.15, -0.1) is 6.42 Å². The number of carbonyl (C=O) groups is 5. The fourth-order valence-corrected chi connectivity index (χ4v) is 6.20. The van der Waals surface area contributed by atoms with Gasteiger partial charge in [0.05, 0.1) is 0 Å². The summed E-state index contributed by atoms with van der Waals surface area (Å²) < 4.78 is 23.4. The molecule has 14 heteroatoms. The summed E-state index contributed by atoms with van der Waals surface area (Å²) in [5.41, 5.74) is 0.344. The van der Waals surface area contributed by atoms with Crippen LogP contribution < -0.4 is 25.4 Å². The zero-order valence-electron chi connectivity index (χ0n) is 33.3. The molecule has 0 radical (unpaired) electrons. The fraction of sp³-hybridized carbons (Fsp3) is 0.311. The molecular weight excluding hydrogens is 757 g/mol. The van der Waals surface area contributed by atoms with Crippen molar-refractivity contribution in [1.29, 1.82) is 0 Å². The number of esters is 1. The molecule has 308 valence electrons. The lowest BCUT2D eigenvalue weighted by Crippen LogP contribution is -2.65. The predicted octanol–water partition coefficient (Wildman–Crippen LogP) is 4.21. The van der Waals surface area contributed by atoms with Gasteiger partial charge in [0.25, 0.3) is 0 Å². The van der Waals surface area contributed by atoms with E-state index in [2.05, 4.69) is 21.9 Å². The van der Waals surface area contributed by atoms with Crippen LogP contribution in [0.2, 0.25) is 0 Å².